The summed E-state index contributed by atoms with van der Waals surface area (Å²) in [6.07, 6.45) is 0.433. The lowest BCUT2D eigenvalue weighted by molar-refractivity contribution is -0.143. The minimum absolute atomic E-state index is 0.0120. The van der Waals surface area contributed by atoms with Crippen LogP contribution in [0.2, 0.25) is 18.1 Å². The lowest BCUT2D eigenvalue weighted by Gasteiger charge is -2.36. The van der Waals surface area contributed by atoms with Crippen LogP contribution in [0.4, 0.5) is 4.39 Å². The fraction of sp³-hybridized carbons (Fsp3) is 0.457. The third-order valence-corrected chi connectivity index (χ3v) is 12.1. The van der Waals surface area contributed by atoms with Crippen LogP contribution in [0.25, 0.3) is 11.1 Å². The molecule has 3 aromatic rings. The smallest absolute Gasteiger partial charge is 0.306 e. The summed E-state index contributed by atoms with van der Waals surface area (Å²) in [7, 11) is -1.98. The molecule has 3 rings (SSSR count). The first-order chi connectivity index (χ1) is 19.6. The van der Waals surface area contributed by atoms with Crippen molar-refractivity contribution < 1.29 is 27.8 Å². The Balaban J connectivity index is 1.86. The van der Waals surface area contributed by atoms with Crippen molar-refractivity contribution >= 4 is 14.3 Å². The number of rotatable bonds is 12. The lowest BCUT2D eigenvalue weighted by Crippen LogP contribution is -2.43. The van der Waals surface area contributed by atoms with Crippen LogP contribution < -0.4 is 13.9 Å². The highest BCUT2D eigenvalue weighted by Gasteiger charge is 2.39. The molecule has 0 N–H and O–H groups in total. The van der Waals surface area contributed by atoms with Gasteiger partial charge in [0.15, 0.2) is 0 Å². The summed E-state index contributed by atoms with van der Waals surface area (Å²) in [5.74, 6) is 1.40. The van der Waals surface area contributed by atoms with Crippen molar-refractivity contribution in [3.63, 3.8) is 0 Å². The summed E-state index contributed by atoms with van der Waals surface area (Å²) in [5, 5.41) is 0.103. The molecule has 0 fully saturated rings. The molecule has 0 aliphatic heterocycles. The number of carbonyl (C=O) groups excluding carboxylic acids is 1. The molecule has 5 nitrogen and oxygen atoms in total. The molecule has 0 spiro atoms. The molecule has 0 saturated carbocycles. The third-order valence-electron chi connectivity index (χ3n) is 7.70. The van der Waals surface area contributed by atoms with E-state index < -0.39 is 14.1 Å². The van der Waals surface area contributed by atoms with Crippen molar-refractivity contribution in [3.05, 3.63) is 76.6 Å². The molecule has 0 aliphatic carbocycles. The van der Waals surface area contributed by atoms with Gasteiger partial charge in [-0.15, -0.1) is 0 Å². The maximum Gasteiger partial charge on any atom is 0.306 e. The van der Waals surface area contributed by atoms with Crippen LogP contribution in [0.1, 0.15) is 70.2 Å². The number of benzene rings is 3. The summed E-state index contributed by atoms with van der Waals surface area (Å²) in [6, 6.07) is 15.1. The SMILES string of the molecule is CCOC(=O)CCc1ccc(OCc2ccc(OC(C)C)c(-c3c(C)cc(O[Si](C)(C)C(C)(C)C)cc3C)c2)cc1F. The first-order valence-corrected chi connectivity index (χ1v) is 17.7. The van der Waals surface area contributed by atoms with Gasteiger partial charge in [0, 0.05) is 18.1 Å². The van der Waals surface area contributed by atoms with Gasteiger partial charge < -0.3 is 18.6 Å². The normalized spacial score (nSPS) is 11.9. The van der Waals surface area contributed by atoms with Crippen LogP contribution in [0.3, 0.4) is 0 Å². The number of hydrogen-bond acceptors (Lipinski definition) is 5. The van der Waals surface area contributed by atoms with Crippen LogP contribution in [-0.2, 0) is 22.6 Å². The summed E-state index contributed by atoms with van der Waals surface area (Å²) < 4.78 is 38.5. The molecule has 0 aromatic heterocycles. The van der Waals surface area contributed by atoms with Crippen LogP contribution in [0.5, 0.6) is 17.2 Å². The molecule has 0 heterocycles. The van der Waals surface area contributed by atoms with Crippen LogP contribution >= 0.6 is 0 Å². The highest BCUT2D eigenvalue weighted by atomic mass is 28.4. The Hall–Kier alpha value is -3.32. The minimum Gasteiger partial charge on any atom is -0.543 e. The molecule has 0 radical (unpaired) electrons. The van der Waals surface area contributed by atoms with Gasteiger partial charge in [-0.3, -0.25) is 4.79 Å². The summed E-state index contributed by atoms with van der Waals surface area (Å²) in [4.78, 5) is 11.6. The molecule has 0 bridgehead atoms. The highest BCUT2D eigenvalue weighted by molar-refractivity contribution is 6.74. The van der Waals surface area contributed by atoms with Gasteiger partial charge in [0.1, 0.15) is 29.7 Å². The molecule has 0 aliphatic rings. The Morgan fingerprint density at radius 2 is 1.62 bits per heavy atom. The quantitative estimate of drug-likeness (QED) is 0.154. The van der Waals surface area contributed by atoms with Gasteiger partial charge in [-0.25, -0.2) is 4.39 Å². The van der Waals surface area contributed by atoms with E-state index in [1.54, 1.807) is 19.1 Å². The fourth-order valence-electron chi connectivity index (χ4n) is 4.53. The second kappa shape index (κ2) is 13.8. The zero-order valence-corrected chi connectivity index (χ0v) is 27.9. The van der Waals surface area contributed by atoms with E-state index >= 15 is 0 Å². The topological polar surface area (TPSA) is 54.0 Å². The minimum atomic E-state index is -1.98. The van der Waals surface area contributed by atoms with E-state index in [0.29, 0.717) is 17.9 Å². The largest absolute Gasteiger partial charge is 0.543 e. The highest BCUT2D eigenvalue weighted by Crippen LogP contribution is 2.41. The summed E-state index contributed by atoms with van der Waals surface area (Å²) in [6.45, 7) is 21.8. The van der Waals surface area contributed by atoms with Gasteiger partial charge in [0.2, 0.25) is 8.32 Å². The molecule has 0 unspecified atom stereocenters. The second-order valence-electron chi connectivity index (χ2n) is 12.6. The average molecular weight is 595 g/mol. The van der Waals surface area contributed by atoms with Crippen LogP contribution in [-0.4, -0.2) is 27.0 Å². The van der Waals surface area contributed by atoms with Crippen LogP contribution in [0, 0.1) is 19.7 Å². The maximum atomic E-state index is 14.7. The van der Waals surface area contributed by atoms with Gasteiger partial charge in [-0.05, 0) is 117 Å². The Kier molecular flexibility index (Phi) is 10.9. The molecular weight excluding hydrogens is 547 g/mol. The Bertz CT molecular complexity index is 1370. The molecule has 0 atom stereocenters. The third kappa shape index (κ3) is 8.60. The average Bonchev–Trinajstić information content (AvgIpc) is 2.86. The van der Waals surface area contributed by atoms with E-state index in [1.165, 1.54) is 6.07 Å². The zero-order valence-electron chi connectivity index (χ0n) is 26.9. The first-order valence-electron chi connectivity index (χ1n) is 14.8. The van der Waals surface area contributed by atoms with Crippen molar-refractivity contribution in [2.24, 2.45) is 0 Å². The first kappa shape index (κ1) is 33.2. The Labute approximate surface area is 252 Å². The van der Waals surface area contributed by atoms with Gasteiger partial charge in [-0.1, -0.05) is 32.9 Å². The predicted octanol–water partition coefficient (Wildman–Crippen LogP) is 9.36. The summed E-state index contributed by atoms with van der Waals surface area (Å²) >= 11 is 0. The second-order valence-corrected chi connectivity index (χ2v) is 17.4. The lowest BCUT2D eigenvalue weighted by atomic mass is 9.93. The van der Waals surface area contributed by atoms with E-state index in [4.69, 9.17) is 18.6 Å². The van der Waals surface area contributed by atoms with Gasteiger partial charge in [0.25, 0.3) is 0 Å². The van der Waals surface area contributed by atoms with Crippen molar-refractivity contribution in [2.45, 2.75) is 99.1 Å². The van der Waals surface area contributed by atoms with E-state index in [2.05, 4.69) is 65.9 Å². The van der Waals surface area contributed by atoms with Crippen molar-refractivity contribution in [1.29, 1.82) is 0 Å². The van der Waals surface area contributed by atoms with Gasteiger partial charge >= 0.3 is 5.97 Å². The predicted molar refractivity (Wildman–Crippen MR) is 171 cm³/mol. The number of hydrogen-bond donors (Lipinski definition) is 0. The van der Waals surface area contributed by atoms with Crippen LogP contribution in [0.15, 0.2) is 48.5 Å². The number of halogens is 1. The number of esters is 1. The monoisotopic (exact) mass is 594 g/mol. The number of aryl methyl sites for hydroxylation is 3. The van der Waals surface area contributed by atoms with E-state index in [-0.39, 0.29) is 36.6 Å². The van der Waals surface area contributed by atoms with E-state index in [1.807, 2.05) is 26.0 Å². The molecular formula is C35H47FO5Si. The van der Waals surface area contributed by atoms with E-state index in [9.17, 15) is 9.18 Å². The van der Waals surface area contributed by atoms with E-state index in [0.717, 1.165) is 39.3 Å². The molecule has 7 heteroatoms. The molecule has 228 valence electrons. The standard InChI is InChI=1S/C35H47FO5Si/c1-11-38-33(37)17-14-27-13-15-28(21-31(27)36)39-22-26-12-16-32(40-23(2)3)30(20-26)34-24(4)18-29(19-25(34)5)41-42(9,10)35(6,7)8/h12-13,15-16,18-21,23H,11,14,17,22H2,1-10H3. The van der Waals surface area contributed by atoms with Gasteiger partial charge in [-0.2, -0.15) is 0 Å². The fourth-order valence-corrected chi connectivity index (χ4v) is 5.54. The molecule has 42 heavy (non-hydrogen) atoms. The Morgan fingerprint density at radius 3 is 2.19 bits per heavy atom. The molecule has 0 saturated heterocycles. The number of carbonyl (C=O) groups is 1. The summed E-state index contributed by atoms with van der Waals surface area (Å²) in [5.41, 5.74) is 5.70. The zero-order chi connectivity index (χ0) is 31.2. The van der Waals surface area contributed by atoms with Gasteiger partial charge in [0.05, 0.1) is 12.7 Å². The Morgan fingerprint density at radius 1 is 0.952 bits per heavy atom. The maximum absolute atomic E-state index is 14.7. The number of ether oxygens (including phenoxy) is 3. The molecule has 3 aromatic carbocycles. The van der Waals surface area contributed by atoms with Crippen molar-refractivity contribution in [1.82, 2.24) is 0 Å². The van der Waals surface area contributed by atoms with Crippen molar-refractivity contribution in [3.8, 4) is 28.4 Å². The van der Waals surface area contributed by atoms with Crippen molar-refractivity contribution in [2.75, 3.05) is 6.61 Å². The molecule has 0 amide bonds.